The van der Waals surface area contributed by atoms with Crippen molar-refractivity contribution in [3.63, 3.8) is 0 Å². The molecule has 1 amide bonds. The van der Waals surface area contributed by atoms with E-state index in [-0.39, 0.29) is 5.91 Å². The Morgan fingerprint density at radius 2 is 2.25 bits per heavy atom. The molecule has 3 nitrogen and oxygen atoms in total. The molecule has 0 aliphatic carbocycles. The van der Waals surface area contributed by atoms with Gasteiger partial charge in [-0.3, -0.25) is 4.79 Å². The third kappa shape index (κ3) is 1.77. The minimum atomic E-state index is 0.203. The van der Waals surface area contributed by atoms with E-state index in [1.807, 2.05) is 30.9 Å². The van der Waals surface area contributed by atoms with E-state index in [1.54, 1.807) is 0 Å². The number of nitrogens with zero attached hydrogens (tertiary/aromatic N) is 1. The van der Waals surface area contributed by atoms with Crippen LogP contribution in [0.25, 0.3) is 0 Å². The van der Waals surface area contributed by atoms with Gasteiger partial charge < -0.3 is 10.6 Å². The first kappa shape index (κ1) is 11.0. The number of nitrogens with two attached hydrogens (primary N) is 1. The van der Waals surface area contributed by atoms with E-state index < -0.39 is 0 Å². The van der Waals surface area contributed by atoms with Gasteiger partial charge in [0.05, 0.1) is 0 Å². The van der Waals surface area contributed by atoms with Crippen molar-refractivity contribution in [2.45, 2.75) is 33.1 Å². The topological polar surface area (TPSA) is 46.3 Å². The SMILES string of the molecule is CCC(=O)N1CCCc2cc(N)cc(C)c21. The number of rotatable bonds is 1. The summed E-state index contributed by atoms with van der Waals surface area (Å²) in [7, 11) is 0. The quantitative estimate of drug-likeness (QED) is 0.735. The number of carbonyl (C=O) groups is 1. The van der Waals surface area contributed by atoms with Gasteiger partial charge >= 0.3 is 0 Å². The van der Waals surface area contributed by atoms with Crippen molar-refractivity contribution < 1.29 is 4.79 Å². The second-order valence-electron chi connectivity index (χ2n) is 4.35. The van der Waals surface area contributed by atoms with Gasteiger partial charge in [-0.25, -0.2) is 0 Å². The summed E-state index contributed by atoms with van der Waals surface area (Å²) in [5, 5.41) is 0. The van der Waals surface area contributed by atoms with Crippen LogP contribution in [-0.4, -0.2) is 12.5 Å². The molecule has 0 saturated carbocycles. The first-order valence-corrected chi connectivity index (χ1v) is 5.83. The summed E-state index contributed by atoms with van der Waals surface area (Å²) in [6, 6.07) is 3.94. The maximum absolute atomic E-state index is 11.9. The molecule has 2 rings (SSSR count). The van der Waals surface area contributed by atoms with E-state index in [9.17, 15) is 4.79 Å². The number of aryl methyl sites for hydroxylation is 2. The van der Waals surface area contributed by atoms with Crippen LogP contribution in [0.4, 0.5) is 11.4 Å². The summed E-state index contributed by atoms with van der Waals surface area (Å²) in [4.78, 5) is 13.8. The Labute approximate surface area is 96.2 Å². The predicted octanol–water partition coefficient (Wildman–Crippen LogP) is 2.27. The van der Waals surface area contributed by atoms with Crippen molar-refractivity contribution in [2.24, 2.45) is 0 Å². The van der Waals surface area contributed by atoms with Gasteiger partial charge in [0.25, 0.3) is 0 Å². The van der Waals surface area contributed by atoms with Crippen LogP contribution >= 0.6 is 0 Å². The largest absolute Gasteiger partial charge is 0.399 e. The van der Waals surface area contributed by atoms with Crippen molar-refractivity contribution in [3.05, 3.63) is 23.3 Å². The van der Waals surface area contributed by atoms with Crippen molar-refractivity contribution in [3.8, 4) is 0 Å². The highest BCUT2D eigenvalue weighted by Gasteiger charge is 2.23. The van der Waals surface area contributed by atoms with Crippen LogP contribution in [0.2, 0.25) is 0 Å². The smallest absolute Gasteiger partial charge is 0.226 e. The summed E-state index contributed by atoms with van der Waals surface area (Å²) < 4.78 is 0. The molecule has 0 unspecified atom stereocenters. The normalized spacial score (nSPS) is 14.8. The molecule has 0 fully saturated rings. The molecule has 1 aromatic carbocycles. The lowest BCUT2D eigenvalue weighted by Gasteiger charge is -2.31. The van der Waals surface area contributed by atoms with E-state index in [0.717, 1.165) is 36.3 Å². The van der Waals surface area contributed by atoms with E-state index in [1.165, 1.54) is 5.56 Å². The van der Waals surface area contributed by atoms with Crippen molar-refractivity contribution in [2.75, 3.05) is 17.2 Å². The highest BCUT2D eigenvalue weighted by Crippen LogP contribution is 2.32. The summed E-state index contributed by atoms with van der Waals surface area (Å²) in [5.41, 5.74) is 10.0. The van der Waals surface area contributed by atoms with Crippen LogP contribution in [0.3, 0.4) is 0 Å². The van der Waals surface area contributed by atoms with Crippen LogP contribution in [0, 0.1) is 6.92 Å². The molecule has 3 heteroatoms. The number of fused-ring (bicyclic) bond motifs is 1. The van der Waals surface area contributed by atoms with Gasteiger partial charge in [-0.05, 0) is 43.0 Å². The summed E-state index contributed by atoms with van der Waals surface area (Å²) in [5.74, 6) is 0.203. The summed E-state index contributed by atoms with van der Waals surface area (Å²) in [6.07, 6.45) is 2.61. The maximum Gasteiger partial charge on any atom is 0.226 e. The van der Waals surface area contributed by atoms with E-state index in [0.29, 0.717) is 6.42 Å². The zero-order chi connectivity index (χ0) is 11.7. The molecule has 0 aromatic heterocycles. The Morgan fingerprint density at radius 3 is 2.94 bits per heavy atom. The third-order valence-electron chi connectivity index (χ3n) is 3.10. The molecule has 16 heavy (non-hydrogen) atoms. The Morgan fingerprint density at radius 1 is 1.50 bits per heavy atom. The molecule has 1 heterocycles. The maximum atomic E-state index is 11.9. The number of hydrogen-bond acceptors (Lipinski definition) is 2. The van der Waals surface area contributed by atoms with Gasteiger partial charge in [-0.1, -0.05) is 6.92 Å². The molecule has 1 aliphatic rings. The standard InChI is InChI=1S/C13H18N2O/c1-3-12(16)15-6-4-5-10-8-11(14)7-9(2)13(10)15/h7-8H,3-6,14H2,1-2H3. The molecule has 0 atom stereocenters. The number of anilines is 2. The fourth-order valence-corrected chi connectivity index (χ4v) is 2.44. The van der Waals surface area contributed by atoms with Crippen LogP contribution in [0.1, 0.15) is 30.9 Å². The Kier molecular flexibility index (Phi) is 2.86. The highest BCUT2D eigenvalue weighted by molar-refractivity contribution is 5.95. The molecule has 1 aromatic rings. The van der Waals surface area contributed by atoms with Gasteiger partial charge in [0.15, 0.2) is 0 Å². The van der Waals surface area contributed by atoms with E-state index in [2.05, 4.69) is 0 Å². The number of hydrogen-bond donors (Lipinski definition) is 1. The lowest BCUT2D eigenvalue weighted by atomic mass is 9.97. The summed E-state index contributed by atoms with van der Waals surface area (Å²) in [6.45, 7) is 4.77. The minimum absolute atomic E-state index is 0.203. The monoisotopic (exact) mass is 218 g/mol. The van der Waals surface area contributed by atoms with E-state index >= 15 is 0 Å². The average Bonchev–Trinajstić information content (AvgIpc) is 2.26. The second-order valence-corrected chi connectivity index (χ2v) is 4.35. The van der Waals surface area contributed by atoms with Crippen LogP contribution in [0.5, 0.6) is 0 Å². The molecule has 0 spiro atoms. The molecule has 0 radical (unpaired) electrons. The number of nitrogen functional groups attached to an aromatic ring is 1. The third-order valence-corrected chi connectivity index (χ3v) is 3.10. The van der Waals surface area contributed by atoms with Crippen LogP contribution in [0.15, 0.2) is 12.1 Å². The van der Waals surface area contributed by atoms with Gasteiger partial charge in [0.2, 0.25) is 5.91 Å². The fourth-order valence-electron chi connectivity index (χ4n) is 2.44. The molecule has 86 valence electrons. The van der Waals surface area contributed by atoms with Crippen LogP contribution in [-0.2, 0) is 11.2 Å². The molecular weight excluding hydrogens is 200 g/mol. The van der Waals surface area contributed by atoms with Gasteiger partial charge in [-0.15, -0.1) is 0 Å². The zero-order valence-corrected chi connectivity index (χ0v) is 9.92. The Bertz CT molecular complexity index is 426. The lowest BCUT2D eigenvalue weighted by Crippen LogP contribution is -2.35. The second kappa shape index (κ2) is 4.16. The van der Waals surface area contributed by atoms with Gasteiger partial charge in [-0.2, -0.15) is 0 Å². The Balaban J connectivity index is 2.49. The first-order valence-electron chi connectivity index (χ1n) is 5.83. The molecule has 2 N–H and O–H groups in total. The van der Waals surface area contributed by atoms with Crippen molar-refractivity contribution >= 4 is 17.3 Å². The lowest BCUT2D eigenvalue weighted by molar-refractivity contribution is -0.118. The van der Waals surface area contributed by atoms with Crippen molar-refractivity contribution in [1.82, 2.24) is 0 Å². The summed E-state index contributed by atoms with van der Waals surface area (Å²) >= 11 is 0. The molecule has 0 saturated heterocycles. The zero-order valence-electron chi connectivity index (χ0n) is 9.92. The minimum Gasteiger partial charge on any atom is -0.399 e. The highest BCUT2D eigenvalue weighted by atomic mass is 16.2. The number of carbonyl (C=O) groups excluding carboxylic acids is 1. The number of amides is 1. The molecule has 1 aliphatic heterocycles. The van der Waals surface area contributed by atoms with Gasteiger partial charge in [0.1, 0.15) is 0 Å². The van der Waals surface area contributed by atoms with Crippen molar-refractivity contribution in [1.29, 1.82) is 0 Å². The van der Waals surface area contributed by atoms with Gasteiger partial charge in [0, 0.05) is 24.3 Å². The first-order chi connectivity index (χ1) is 7.63. The predicted molar refractivity (Wildman–Crippen MR) is 66.6 cm³/mol. The molecular formula is C13H18N2O. The Hall–Kier alpha value is -1.51. The number of benzene rings is 1. The fraction of sp³-hybridized carbons (Fsp3) is 0.462. The van der Waals surface area contributed by atoms with Crippen LogP contribution < -0.4 is 10.6 Å². The van der Waals surface area contributed by atoms with E-state index in [4.69, 9.17) is 5.73 Å². The molecule has 0 bridgehead atoms. The average molecular weight is 218 g/mol.